The van der Waals surface area contributed by atoms with Crippen molar-refractivity contribution < 1.29 is 4.74 Å². The summed E-state index contributed by atoms with van der Waals surface area (Å²) in [6.07, 6.45) is 1.95. The van der Waals surface area contributed by atoms with Gasteiger partial charge in [-0.15, -0.1) is 0 Å². The van der Waals surface area contributed by atoms with Crippen LogP contribution in [0.3, 0.4) is 0 Å². The summed E-state index contributed by atoms with van der Waals surface area (Å²) >= 11 is 0. The molecule has 70 valence electrons. The van der Waals surface area contributed by atoms with Gasteiger partial charge in [-0.25, -0.2) is 0 Å². The Kier molecular flexibility index (Phi) is 2.36. The Morgan fingerprint density at radius 2 is 1.85 bits per heavy atom. The van der Waals surface area contributed by atoms with E-state index in [2.05, 4.69) is 44.2 Å². The Labute approximate surface area is 79.7 Å². The molecule has 0 aliphatic carbocycles. The van der Waals surface area contributed by atoms with E-state index in [9.17, 15) is 0 Å². The molecule has 0 amide bonds. The zero-order valence-electron chi connectivity index (χ0n) is 8.23. The van der Waals surface area contributed by atoms with Crippen LogP contribution < -0.4 is 0 Å². The predicted octanol–water partition coefficient (Wildman–Crippen LogP) is 2.97. The molecule has 0 N–H and O–H groups in total. The highest BCUT2D eigenvalue weighted by Gasteiger charge is 2.30. The third-order valence-corrected chi connectivity index (χ3v) is 2.83. The van der Waals surface area contributed by atoms with E-state index in [1.165, 1.54) is 5.56 Å². The van der Waals surface area contributed by atoms with Crippen molar-refractivity contribution >= 4 is 0 Å². The van der Waals surface area contributed by atoms with E-state index in [4.69, 9.17) is 4.74 Å². The fourth-order valence-electron chi connectivity index (χ4n) is 2.17. The average Bonchev–Trinajstić information content (AvgIpc) is 2.47. The highest BCUT2D eigenvalue weighted by atomic mass is 16.5. The van der Waals surface area contributed by atoms with Crippen molar-refractivity contribution in [3.8, 4) is 0 Å². The van der Waals surface area contributed by atoms with Gasteiger partial charge in [0.1, 0.15) is 0 Å². The lowest BCUT2D eigenvalue weighted by atomic mass is 9.92. The molecule has 0 aromatic heterocycles. The van der Waals surface area contributed by atoms with Crippen molar-refractivity contribution in [2.75, 3.05) is 0 Å². The van der Waals surface area contributed by atoms with Gasteiger partial charge in [-0.3, -0.25) is 0 Å². The smallest absolute Gasteiger partial charge is 0.0620 e. The molecular weight excluding hydrogens is 160 g/mol. The largest absolute Gasteiger partial charge is 0.375 e. The Bertz CT molecular complexity index is 268. The van der Waals surface area contributed by atoms with Crippen LogP contribution in [-0.4, -0.2) is 12.2 Å². The van der Waals surface area contributed by atoms with Crippen LogP contribution in [0, 0.1) is 0 Å². The molecule has 2 rings (SSSR count). The summed E-state index contributed by atoms with van der Waals surface area (Å²) in [6, 6.07) is 10.7. The summed E-state index contributed by atoms with van der Waals surface area (Å²) in [5, 5.41) is 0. The van der Waals surface area contributed by atoms with Crippen LogP contribution in [0.15, 0.2) is 30.3 Å². The van der Waals surface area contributed by atoms with Gasteiger partial charge in [0.2, 0.25) is 0 Å². The number of benzene rings is 1. The van der Waals surface area contributed by atoms with Crippen molar-refractivity contribution in [1.29, 1.82) is 0 Å². The first-order valence-corrected chi connectivity index (χ1v) is 4.98. The van der Waals surface area contributed by atoms with Gasteiger partial charge in [-0.1, -0.05) is 30.3 Å². The topological polar surface area (TPSA) is 9.23 Å². The third kappa shape index (κ3) is 1.75. The molecule has 0 radical (unpaired) electrons. The van der Waals surface area contributed by atoms with E-state index in [0.717, 1.165) is 6.42 Å². The van der Waals surface area contributed by atoms with Gasteiger partial charge in [0.15, 0.2) is 0 Å². The molecule has 3 atom stereocenters. The van der Waals surface area contributed by atoms with Crippen LogP contribution in [0.2, 0.25) is 0 Å². The van der Waals surface area contributed by atoms with Crippen LogP contribution in [-0.2, 0) is 4.74 Å². The molecule has 1 fully saturated rings. The molecule has 0 spiro atoms. The van der Waals surface area contributed by atoms with Crippen molar-refractivity contribution in [1.82, 2.24) is 0 Å². The zero-order valence-corrected chi connectivity index (χ0v) is 8.23. The molecule has 0 bridgehead atoms. The summed E-state index contributed by atoms with van der Waals surface area (Å²) < 4.78 is 5.73. The summed E-state index contributed by atoms with van der Waals surface area (Å²) in [7, 11) is 0. The maximum absolute atomic E-state index is 5.73. The van der Waals surface area contributed by atoms with Gasteiger partial charge in [-0.2, -0.15) is 0 Å². The van der Waals surface area contributed by atoms with Crippen molar-refractivity contribution in [3.63, 3.8) is 0 Å². The van der Waals surface area contributed by atoms with Crippen molar-refractivity contribution in [2.24, 2.45) is 0 Å². The van der Waals surface area contributed by atoms with E-state index < -0.39 is 0 Å². The fourth-order valence-corrected chi connectivity index (χ4v) is 2.17. The van der Waals surface area contributed by atoms with Gasteiger partial charge < -0.3 is 4.74 Å². The molecule has 1 heterocycles. The second kappa shape index (κ2) is 3.51. The summed E-state index contributed by atoms with van der Waals surface area (Å²) in [5.41, 5.74) is 1.42. The van der Waals surface area contributed by atoms with Gasteiger partial charge in [0, 0.05) is 5.92 Å². The number of ether oxygens (including phenoxy) is 1. The highest BCUT2D eigenvalue weighted by Crippen LogP contribution is 2.34. The Morgan fingerprint density at radius 3 is 2.38 bits per heavy atom. The maximum Gasteiger partial charge on any atom is 0.0620 e. The quantitative estimate of drug-likeness (QED) is 0.639. The zero-order chi connectivity index (χ0) is 9.26. The average molecular weight is 176 g/mol. The lowest BCUT2D eigenvalue weighted by molar-refractivity contribution is 0.0632. The molecule has 1 aliphatic heterocycles. The lowest BCUT2D eigenvalue weighted by Crippen LogP contribution is -2.09. The number of hydrogen-bond donors (Lipinski definition) is 0. The van der Waals surface area contributed by atoms with Crippen molar-refractivity contribution in [2.45, 2.75) is 38.4 Å². The molecule has 1 heteroatoms. The van der Waals surface area contributed by atoms with Crippen LogP contribution in [0.4, 0.5) is 0 Å². The standard InChI is InChI=1S/C12H16O/c1-9-8-12(10(2)13-9)11-6-4-3-5-7-11/h3-7,9-10,12H,8H2,1-2H3. The predicted molar refractivity (Wildman–Crippen MR) is 53.8 cm³/mol. The van der Waals surface area contributed by atoms with E-state index >= 15 is 0 Å². The van der Waals surface area contributed by atoms with Gasteiger partial charge in [0.05, 0.1) is 12.2 Å². The SMILES string of the molecule is CC1CC(c2ccccc2)C(C)O1. The maximum atomic E-state index is 5.73. The highest BCUT2D eigenvalue weighted by molar-refractivity contribution is 5.21. The minimum atomic E-state index is 0.373. The Balaban J connectivity index is 2.18. The lowest BCUT2D eigenvalue weighted by Gasteiger charge is -2.13. The van der Waals surface area contributed by atoms with Crippen LogP contribution in [0.25, 0.3) is 0 Å². The molecule has 1 saturated heterocycles. The molecule has 1 aromatic carbocycles. The third-order valence-electron chi connectivity index (χ3n) is 2.83. The first-order chi connectivity index (χ1) is 6.27. The molecule has 0 saturated carbocycles. The number of hydrogen-bond acceptors (Lipinski definition) is 1. The van der Waals surface area contributed by atoms with E-state index in [1.807, 2.05) is 0 Å². The van der Waals surface area contributed by atoms with Crippen LogP contribution in [0.5, 0.6) is 0 Å². The molecule has 1 aliphatic rings. The summed E-state index contributed by atoms with van der Waals surface area (Å²) in [6.45, 7) is 4.32. The second-order valence-electron chi connectivity index (χ2n) is 3.90. The number of rotatable bonds is 1. The van der Waals surface area contributed by atoms with Crippen molar-refractivity contribution in [3.05, 3.63) is 35.9 Å². The van der Waals surface area contributed by atoms with E-state index in [1.54, 1.807) is 0 Å². The molecule has 13 heavy (non-hydrogen) atoms. The molecule has 3 unspecified atom stereocenters. The Morgan fingerprint density at radius 1 is 1.15 bits per heavy atom. The molecule has 1 nitrogen and oxygen atoms in total. The van der Waals surface area contributed by atoms with Crippen LogP contribution in [0.1, 0.15) is 31.7 Å². The van der Waals surface area contributed by atoms with E-state index in [0.29, 0.717) is 18.1 Å². The van der Waals surface area contributed by atoms with Gasteiger partial charge in [-0.05, 0) is 25.8 Å². The summed E-state index contributed by atoms with van der Waals surface area (Å²) in [4.78, 5) is 0. The van der Waals surface area contributed by atoms with E-state index in [-0.39, 0.29) is 0 Å². The minimum Gasteiger partial charge on any atom is -0.375 e. The first kappa shape index (κ1) is 8.76. The second-order valence-corrected chi connectivity index (χ2v) is 3.90. The van der Waals surface area contributed by atoms with Gasteiger partial charge >= 0.3 is 0 Å². The monoisotopic (exact) mass is 176 g/mol. The fraction of sp³-hybridized carbons (Fsp3) is 0.500. The van der Waals surface area contributed by atoms with Crippen LogP contribution >= 0.6 is 0 Å². The molecular formula is C12H16O. The molecule has 1 aromatic rings. The first-order valence-electron chi connectivity index (χ1n) is 4.98. The normalized spacial score (nSPS) is 33.5. The summed E-state index contributed by atoms with van der Waals surface area (Å²) in [5.74, 6) is 0.594. The van der Waals surface area contributed by atoms with Gasteiger partial charge in [0.25, 0.3) is 0 Å². The minimum absolute atomic E-state index is 0.373. The Hall–Kier alpha value is -0.820.